The van der Waals surface area contributed by atoms with Gasteiger partial charge in [-0.1, -0.05) is 43.7 Å². The van der Waals surface area contributed by atoms with Gasteiger partial charge in [-0.05, 0) is 18.9 Å². The molecule has 24 heavy (non-hydrogen) atoms. The molecule has 0 aliphatic rings. The number of guanidine groups is 1. The second kappa shape index (κ2) is 11.0. The molecule has 0 unspecified atom stereocenters. The summed E-state index contributed by atoms with van der Waals surface area (Å²) >= 11 is 0. The standard InChI is InChI=1S/C17H26N6.HI/c1-4-5-11-18-17(19-12-15-9-7-6-8-10-15)20-13-16-22-21-14(2)23(16)3;/h6-10H,4-5,11-13H2,1-3H3,(H2,18,19,20);1H. The molecule has 0 atom stereocenters. The molecule has 0 aliphatic carbocycles. The van der Waals surface area contributed by atoms with Crippen molar-refractivity contribution in [2.45, 2.75) is 39.8 Å². The zero-order valence-electron chi connectivity index (χ0n) is 14.6. The molecule has 0 saturated heterocycles. The molecule has 0 aliphatic heterocycles. The number of unbranched alkanes of at least 4 members (excludes halogenated alkanes) is 1. The van der Waals surface area contributed by atoms with E-state index >= 15 is 0 Å². The van der Waals surface area contributed by atoms with E-state index in [1.54, 1.807) is 0 Å². The van der Waals surface area contributed by atoms with Crippen LogP contribution in [0, 0.1) is 6.92 Å². The van der Waals surface area contributed by atoms with Crippen LogP contribution in [-0.4, -0.2) is 27.3 Å². The van der Waals surface area contributed by atoms with Gasteiger partial charge in [0.05, 0.1) is 13.1 Å². The molecule has 0 radical (unpaired) electrons. The van der Waals surface area contributed by atoms with Crippen LogP contribution in [0.15, 0.2) is 35.3 Å². The van der Waals surface area contributed by atoms with E-state index in [1.165, 1.54) is 5.56 Å². The number of aryl methyl sites for hydroxylation is 1. The predicted molar refractivity (Wildman–Crippen MR) is 108 cm³/mol. The summed E-state index contributed by atoms with van der Waals surface area (Å²) in [7, 11) is 1.97. The number of hydrogen-bond acceptors (Lipinski definition) is 3. The molecular weight excluding hydrogens is 415 g/mol. The van der Waals surface area contributed by atoms with Crippen LogP contribution in [0.1, 0.15) is 37.0 Å². The summed E-state index contributed by atoms with van der Waals surface area (Å²) in [5.74, 6) is 2.61. The van der Waals surface area contributed by atoms with Gasteiger partial charge in [-0.2, -0.15) is 0 Å². The fourth-order valence-electron chi connectivity index (χ4n) is 2.08. The molecule has 132 valence electrons. The Morgan fingerprint density at radius 3 is 2.54 bits per heavy atom. The van der Waals surface area contributed by atoms with E-state index in [4.69, 9.17) is 0 Å². The Hall–Kier alpha value is -1.64. The highest BCUT2D eigenvalue weighted by molar-refractivity contribution is 14.0. The molecule has 6 nitrogen and oxygen atoms in total. The SMILES string of the molecule is CCCCNC(=NCc1ccccc1)NCc1nnc(C)n1C.I. The maximum absolute atomic E-state index is 4.65. The first-order chi connectivity index (χ1) is 11.2. The number of halogens is 1. The molecule has 2 rings (SSSR count). The van der Waals surface area contributed by atoms with Gasteiger partial charge in [0.1, 0.15) is 5.82 Å². The average Bonchev–Trinajstić information content (AvgIpc) is 2.90. The highest BCUT2D eigenvalue weighted by atomic mass is 127. The highest BCUT2D eigenvalue weighted by Crippen LogP contribution is 2.01. The first-order valence-electron chi connectivity index (χ1n) is 8.11. The second-order valence-corrected chi connectivity index (χ2v) is 5.51. The monoisotopic (exact) mass is 442 g/mol. The zero-order valence-corrected chi connectivity index (χ0v) is 16.9. The smallest absolute Gasteiger partial charge is 0.191 e. The number of nitrogens with one attached hydrogen (secondary N) is 2. The molecular formula is C17H27IN6. The number of rotatable bonds is 7. The molecule has 0 bridgehead atoms. The van der Waals surface area contributed by atoms with Crippen LogP contribution in [0.3, 0.4) is 0 Å². The lowest BCUT2D eigenvalue weighted by Crippen LogP contribution is -2.38. The number of benzene rings is 1. The number of aliphatic imine (C=N–C) groups is 1. The maximum atomic E-state index is 4.65. The first kappa shape index (κ1) is 20.4. The molecule has 1 heterocycles. The Balaban J connectivity index is 0.00000288. The van der Waals surface area contributed by atoms with Crippen LogP contribution < -0.4 is 10.6 Å². The van der Waals surface area contributed by atoms with Crippen molar-refractivity contribution in [1.29, 1.82) is 0 Å². The van der Waals surface area contributed by atoms with Crippen molar-refractivity contribution in [1.82, 2.24) is 25.4 Å². The molecule has 0 saturated carbocycles. The largest absolute Gasteiger partial charge is 0.356 e. The van der Waals surface area contributed by atoms with Crippen molar-refractivity contribution in [3.8, 4) is 0 Å². The zero-order chi connectivity index (χ0) is 16.5. The number of hydrogen-bond donors (Lipinski definition) is 2. The van der Waals surface area contributed by atoms with Gasteiger partial charge in [-0.3, -0.25) is 0 Å². The molecule has 0 spiro atoms. The molecule has 0 fully saturated rings. The van der Waals surface area contributed by atoms with Crippen molar-refractivity contribution < 1.29 is 0 Å². The highest BCUT2D eigenvalue weighted by Gasteiger charge is 2.06. The first-order valence-corrected chi connectivity index (χ1v) is 8.11. The normalized spacial score (nSPS) is 11.0. The molecule has 1 aromatic carbocycles. The van der Waals surface area contributed by atoms with E-state index < -0.39 is 0 Å². The van der Waals surface area contributed by atoms with E-state index in [9.17, 15) is 0 Å². The van der Waals surface area contributed by atoms with Crippen molar-refractivity contribution in [2.75, 3.05) is 6.54 Å². The van der Waals surface area contributed by atoms with Crippen molar-refractivity contribution >= 4 is 29.9 Å². The Labute approximate surface area is 161 Å². The fraction of sp³-hybridized carbons (Fsp3) is 0.471. The van der Waals surface area contributed by atoms with Crippen molar-refractivity contribution in [2.24, 2.45) is 12.0 Å². The summed E-state index contributed by atoms with van der Waals surface area (Å²) < 4.78 is 1.98. The summed E-state index contributed by atoms with van der Waals surface area (Å²) in [5.41, 5.74) is 1.19. The minimum absolute atomic E-state index is 0. The number of nitrogens with zero attached hydrogens (tertiary/aromatic N) is 4. The van der Waals surface area contributed by atoms with Crippen LogP contribution in [0.5, 0.6) is 0 Å². The van der Waals surface area contributed by atoms with Gasteiger partial charge in [0, 0.05) is 13.6 Å². The summed E-state index contributed by atoms with van der Waals surface area (Å²) in [4.78, 5) is 4.65. The van der Waals surface area contributed by atoms with E-state index in [-0.39, 0.29) is 24.0 Å². The van der Waals surface area contributed by atoms with Crippen LogP contribution >= 0.6 is 24.0 Å². The van der Waals surface area contributed by atoms with Gasteiger partial charge in [-0.25, -0.2) is 4.99 Å². The average molecular weight is 442 g/mol. The number of aromatic nitrogens is 3. The van der Waals surface area contributed by atoms with Gasteiger partial charge in [-0.15, -0.1) is 34.2 Å². The van der Waals surface area contributed by atoms with Gasteiger partial charge in [0.25, 0.3) is 0 Å². The Bertz CT molecular complexity index is 623. The lowest BCUT2D eigenvalue weighted by atomic mass is 10.2. The van der Waals surface area contributed by atoms with Crippen molar-refractivity contribution in [3.05, 3.63) is 47.5 Å². The van der Waals surface area contributed by atoms with E-state index in [1.807, 2.05) is 36.7 Å². The van der Waals surface area contributed by atoms with Crippen molar-refractivity contribution in [3.63, 3.8) is 0 Å². The van der Waals surface area contributed by atoms with Gasteiger partial charge >= 0.3 is 0 Å². The lowest BCUT2D eigenvalue weighted by molar-refractivity contribution is 0.695. The maximum Gasteiger partial charge on any atom is 0.191 e. The third-order valence-corrected chi connectivity index (χ3v) is 3.68. The molecule has 2 aromatic rings. The van der Waals surface area contributed by atoms with E-state index in [2.05, 4.69) is 44.9 Å². The lowest BCUT2D eigenvalue weighted by Gasteiger charge is -2.12. The molecule has 0 amide bonds. The van der Waals surface area contributed by atoms with Gasteiger partial charge in [0.15, 0.2) is 11.8 Å². The quantitative estimate of drug-likeness (QED) is 0.300. The third-order valence-electron chi connectivity index (χ3n) is 3.68. The van der Waals surface area contributed by atoms with Crippen LogP contribution in [0.25, 0.3) is 0 Å². The topological polar surface area (TPSA) is 67.1 Å². The minimum Gasteiger partial charge on any atom is -0.356 e. The predicted octanol–water partition coefficient (Wildman–Crippen LogP) is 2.78. The summed E-state index contributed by atoms with van der Waals surface area (Å²) in [5, 5.41) is 14.9. The fourth-order valence-corrected chi connectivity index (χ4v) is 2.08. The Morgan fingerprint density at radius 1 is 1.17 bits per heavy atom. The summed E-state index contributed by atoms with van der Waals surface area (Å²) in [6.45, 7) is 6.29. The van der Waals surface area contributed by atoms with Crippen LogP contribution in [0.2, 0.25) is 0 Å². The van der Waals surface area contributed by atoms with E-state index in [0.29, 0.717) is 13.1 Å². The minimum atomic E-state index is 0. The van der Waals surface area contributed by atoms with Crippen LogP contribution in [0.4, 0.5) is 0 Å². The van der Waals surface area contributed by atoms with E-state index in [0.717, 1.165) is 37.0 Å². The Kier molecular flexibility index (Phi) is 9.36. The summed E-state index contributed by atoms with van der Waals surface area (Å²) in [6.07, 6.45) is 2.27. The Morgan fingerprint density at radius 2 is 1.92 bits per heavy atom. The third kappa shape index (κ3) is 6.46. The van der Waals surface area contributed by atoms with Gasteiger partial charge in [0.2, 0.25) is 0 Å². The van der Waals surface area contributed by atoms with Gasteiger partial charge < -0.3 is 15.2 Å². The second-order valence-electron chi connectivity index (χ2n) is 5.51. The molecule has 1 aromatic heterocycles. The molecule has 7 heteroatoms. The van der Waals surface area contributed by atoms with Crippen LogP contribution in [-0.2, 0) is 20.1 Å². The molecule has 2 N–H and O–H groups in total. The summed E-state index contributed by atoms with van der Waals surface area (Å²) in [6, 6.07) is 10.2.